The molecule has 0 aliphatic carbocycles. The van der Waals surface area contributed by atoms with Crippen molar-refractivity contribution in [1.82, 2.24) is 0 Å². The Labute approximate surface area is 102 Å². The number of carboxylic acids is 1. The van der Waals surface area contributed by atoms with E-state index in [0.29, 0.717) is 0 Å². The van der Waals surface area contributed by atoms with E-state index >= 15 is 0 Å². The van der Waals surface area contributed by atoms with Crippen LogP contribution in [0.25, 0.3) is 0 Å². The van der Waals surface area contributed by atoms with Crippen molar-refractivity contribution in [1.29, 1.82) is 0 Å². The van der Waals surface area contributed by atoms with Crippen LogP contribution in [0.2, 0.25) is 0 Å². The lowest BCUT2D eigenvalue weighted by Gasteiger charge is -2.10. The number of benzene rings is 1. The van der Waals surface area contributed by atoms with Crippen LogP contribution in [-0.2, 0) is 9.59 Å². The molecule has 7 heteroatoms. The lowest BCUT2D eigenvalue weighted by molar-refractivity contribution is -0.133. The second-order valence-corrected chi connectivity index (χ2v) is 3.38. The highest BCUT2D eigenvalue weighted by molar-refractivity contribution is 5.94. The number of nitrogen functional groups attached to an aromatic ring is 1. The van der Waals surface area contributed by atoms with E-state index in [0.717, 1.165) is 26.0 Å². The monoisotopic (exact) mass is 253 g/mol. The first kappa shape index (κ1) is 13.5. The number of rotatable bonds is 3. The Morgan fingerprint density at radius 3 is 2.00 bits per heavy atom. The summed E-state index contributed by atoms with van der Waals surface area (Å²) in [4.78, 5) is 32.6. The molecule has 0 saturated carbocycles. The van der Waals surface area contributed by atoms with Crippen LogP contribution in [0.4, 0.5) is 5.69 Å². The maximum absolute atomic E-state index is 11.0. The van der Waals surface area contributed by atoms with Gasteiger partial charge in [0.25, 0.3) is 0 Å². The predicted molar refractivity (Wildman–Crippen MR) is 60.4 cm³/mol. The number of carbonyl (C=O) groups is 3. The molecule has 0 heterocycles. The van der Waals surface area contributed by atoms with Gasteiger partial charge in [0.05, 0.1) is 5.69 Å². The summed E-state index contributed by atoms with van der Waals surface area (Å²) in [5, 5.41) is 8.96. The number of nitrogens with two attached hydrogens (primary N) is 1. The van der Waals surface area contributed by atoms with Crippen LogP contribution in [0.15, 0.2) is 12.1 Å². The van der Waals surface area contributed by atoms with Crippen molar-refractivity contribution in [2.75, 3.05) is 5.73 Å². The van der Waals surface area contributed by atoms with Gasteiger partial charge in [0.15, 0.2) is 5.75 Å². The van der Waals surface area contributed by atoms with Crippen LogP contribution < -0.4 is 15.2 Å². The molecule has 0 bridgehead atoms. The zero-order chi connectivity index (χ0) is 13.9. The summed E-state index contributed by atoms with van der Waals surface area (Å²) in [6, 6.07) is 2.14. The summed E-state index contributed by atoms with van der Waals surface area (Å²) in [6.07, 6.45) is 0. The Morgan fingerprint density at radius 1 is 1.06 bits per heavy atom. The van der Waals surface area contributed by atoms with Gasteiger partial charge in [-0.05, 0) is 0 Å². The summed E-state index contributed by atoms with van der Waals surface area (Å²) in [5.41, 5.74) is 5.22. The fourth-order valence-electron chi connectivity index (χ4n) is 1.23. The number of esters is 2. The fourth-order valence-corrected chi connectivity index (χ4v) is 1.23. The van der Waals surface area contributed by atoms with E-state index in [-0.39, 0.29) is 22.7 Å². The van der Waals surface area contributed by atoms with Gasteiger partial charge in [0.2, 0.25) is 0 Å². The minimum absolute atomic E-state index is 0.00792. The Balaban J connectivity index is 3.29. The van der Waals surface area contributed by atoms with E-state index in [4.69, 9.17) is 20.3 Å². The maximum Gasteiger partial charge on any atom is 0.339 e. The van der Waals surface area contributed by atoms with Gasteiger partial charge in [-0.2, -0.15) is 0 Å². The second-order valence-electron chi connectivity index (χ2n) is 3.38. The van der Waals surface area contributed by atoms with Crippen LogP contribution in [0, 0.1) is 0 Å². The molecular weight excluding hydrogens is 242 g/mol. The zero-order valence-electron chi connectivity index (χ0n) is 9.72. The molecule has 1 aromatic rings. The molecule has 3 N–H and O–H groups in total. The quantitative estimate of drug-likeness (QED) is 0.465. The summed E-state index contributed by atoms with van der Waals surface area (Å²) in [6.45, 7) is 2.28. The predicted octanol–water partition coefficient (Wildman–Crippen LogP) is 0.818. The lowest BCUT2D eigenvalue weighted by atomic mass is 10.1. The number of ether oxygens (including phenoxy) is 2. The lowest BCUT2D eigenvalue weighted by Crippen LogP contribution is -2.10. The van der Waals surface area contributed by atoms with Crippen LogP contribution in [0.1, 0.15) is 24.2 Å². The third-order valence-corrected chi connectivity index (χ3v) is 1.85. The molecule has 0 aromatic heterocycles. The first-order valence-electron chi connectivity index (χ1n) is 4.85. The Morgan fingerprint density at radius 2 is 1.56 bits per heavy atom. The minimum Gasteiger partial charge on any atom is -0.478 e. The molecule has 0 unspecified atom stereocenters. The Kier molecular flexibility index (Phi) is 3.88. The van der Waals surface area contributed by atoms with Gasteiger partial charge in [-0.1, -0.05) is 0 Å². The van der Waals surface area contributed by atoms with Gasteiger partial charge in [-0.25, -0.2) is 4.79 Å². The number of anilines is 1. The Bertz CT molecular complexity index is 523. The summed E-state index contributed by atoms with van der Waals surface area (Å²) in [7, 11) is 0. The van der Waals surface area contributed by atoms with Gasteiger partial charge in [0.1, 0.15) is 11.3 Å². The molecule has 1 rings (SSSR count). The van der Waals surface area contributed by atoms with E-state index in [1.54, 1.807) is 0 Å². The number of aromatic carboxylic acids is 1. The van der Waals surface area contributed by atoms with Crippen molar-refractivity contribution < 1.29 is 29.0 Å². The van der Waals surface area contributed by atoms with Gasteiger partial charge in [0, 0.05) is 26.0 Å². The highest BCUT2D eigenvalue weighted by atomic mass is 16.5. The average molecular weight is 253 g/mol. The van der Waals surface area contributed by atoms with E-state index in [1.807, 2.05) is 0 Å². The number of carbonyl (C=O) groups excluding carboxylic acids is 2. The fraction of sp³-hybridized carbons (Fsp3) is 0.182. The van der Waals surface area contributed by atoms with Crippen molar-refractivity contribution in [2.45, 2.75) is 13.8 Å². The molecule has 0 saturated heterocycles. The van der Waals surface area contributed by atoms with Crippen molar-refractivity contribution in [3.63, 3.8) is 0 Å². The number of hydrogen-bond donors (Lipinski definition) is 2. The Hall–Kier alpha value is -2.57. The molecule has 7 nitrogen and oxygen atoms in total. The molecule has 0 fully saturated rings. The molecule has 1 aromatic carbocycles. The highest BCUT2D eigenvalue weighted by Gasteiger charge is 2.18. The molecule has 18 heavy (non-hydrogen) atoms. The first-order valence-corrected chi connectivity index (χ1v) is 4.85. The van der Waals surface area contributed by atoms with Gasteiger partial charge in [-0.15, -0.1) is 0 Å². The molecule has 96 valence electrons. The standard InChI is InChI=1S/C11H11NO6/c1-5(13)17-9-4-8(12)10(18-6(2)14)3-7(9)11(15)16/h3-4H,12H2,1-2H3,(H,15,16). The zero-order valence-corrected chi connectivity index (χ0v) is 9.72. The van der Waals surface area contributed by atoms with Gasteiger partial charge in [-0.3, -0.25) is 9.59 Å². The second kappa shape index (κ2) is 5.17. The largest absolute Gasteiger partial charge is 0.478 e. The number of hydrogen-bond acceptors (Lipinski definition) is 6. The molecular formula is C11H11NO6. The van der Waals surface area contributed by atoms with E-state index in [1.165, 1.54) is 0 Å². The molecule has 0 radical (unpaired) electrons. The van der Waals surface area contributed by atoms with Crippen LogP contribution in [0.3, 0.4) is 0 Å². The summed E-state index contributed by atoms with van der Waals surface area (Å²) in [5.74, 6) is -2.96. The molecule has 0 aliphatic rings. The minimum atomic E-state index is -1.33. The van der Waals surface area contributed by atoms with E-state index in [9.17, 15) is 14.4 Å². The normalized spacial score (nSPS) is 9.67. The molecule has 0 spiro atoms. The third kappa shape index (κ3) is 3.21. The molecule has 0 atom stereocenters. The summed E-state index contributed by atoms with van der Waals surface area (Å²) >= 11 is 0. The molecule has 0 amide bonds. The SMILES string of the molecule is CC(=O)Oc1cc(C(=O)O)c(OC(C)=O)cc1N. The highest BCUT2D eigenvalue weighted by Crippen LogP contribution is 2.31. The topological polar surface area (TPSA) is 116 Å². The first-order chi connectivity index (χ1) is 8.31. The van der Waals surface area contributed by atoms with Crippen molar-refractivity contribution in [3.8, 4) is 11.5 Å². The average Bonchev–Trinajstić information content (AvgIpc) is 2.19. The molecule has 0 aliphatic heterocycles. The van der Waals surface area contributed by atoms with Crippen LogP contribution in [0.5, 0.6) is 11.5 Å². The summed E-state index contributed by atoms with van der Waals surface area (Å²) < 4.78 is 9.44. The number of carboxylic acid groups (broad SMARTS) is 1. The van der Waals surface area contributed by atoms with E-state index < -0.39 is 17.9 Å². The van der Waals surface area contributed by atoms with Crippen LogP contribution in [-0.4, -0.2) is 23.0 Å². The smallest absolute Gasteiger partial charge is 0.339 e. The van der Waals surface area contributed by atoms with Gasteiger partial charge >= 0.3 is 17.9 Å². The van der Waals surface area contributed by atoms with E-state index in [2.05, 4.69) is 0 Å². The third-order valence-electron chi connectivity index (χ3n) is 1.85. The maximum atomic E-state index is 11.0. The van der Waals surface area contributed by atoms with Gasteiger partial charge < -0.3 is 20.3 Å². The van der Waals surface area contributed by atoms with Crippen LogP contribution >= 0.6 is 0 Å². The van der Waals surface area contributed by atoms with Crippen molar-refractivity contribution in [2.24, 2.45) is 0 Å². The van der Waals surface area contributed by atoms with Crippen molar-refractivity contribution >= 4 is 23.6 Å². The van der Waals surface area contributed by atoms with Crippen molar-refractivity contribution in [3.05, 3.63) is 17.7 Å².